The van der Waals surface area contributed by atoms with Gasteiger partial charge in [-0.1, -0.05) is 6.07 Å². The molecule has 0 fully saturated rings. The third-order valence-electron chi connectivity index (χ3n) is 2.41. The van der Waals surface area contributed by atoms with Gasteiger partial charge in [0.1, 0.15) is 0 Å². The molecular formula is C12H14N2O2. The predicted molar refractivity (Wildman–Crippen MR) is 62.5 cm³/mol. The van der Waals surface area contributed by atoms with Gasteiger partial charge >= 0.3 is 0 Å². The minimum absolute atomic E-state index is 0.0754. The lowest BCUT2D eigenvalue weighted by Gasteiger charge is -2.04. The van der Waals surface area contributed by atoms with Crippen LogP contribution >= 0.6 is 0 Å². The lowest BCUT2D eigenvalue weighted by Crippen LogP contribution is -2.26. The molecule has 0 aliphatic rings. The summed E-state index contributed by atoms with van der Waals surface area (Å²) in [7, 11) is 1.61. The number of rotatable bonds is 4. The van der Waals surface area contributed by atoms with Crippen LogP contribution < -0.4 is 5.32 Å². The SMILES string of the molecule is COCCNC(=O)c1ccc2cc[nH]c2c1. The summed E-state index contributed by atoms with van der Waals surface area (Å²) < 4.78 is 4.87. The molecule has 0 atom stereocenters. The molecule has 1 aromatic heterocycles. The highest BCUT2D eigenvalue weighted by Gasteiger charge is 2.05. The smallest absolute Gasteiger partial charge is 0.251 e. The quantitative estimate of drug-likeness (QED) is 0.765. The van der Waals surface area contributed by atoms with Crippen LogP contribution in [0.3, 0.4) is 0 Å². The molecule has 2 N–H and O–H groups in total. The van der Waals surface area contributed by atoms with Crippen molar-refractivity contribution in [2.45, 2.75) is 0 Å². The molecule has 0 aliphatic carbocycles. The highest BCUT2D eigenvalue weighted by molar-refractivity contribution is 5.97. The first-order valence-corrected chi connectivity index (χ1v) is 5.15. The zero-order chi connectivity index (χ0) is 11.4. The Hall–Kier alpha value is -1.81. The summed E-state index contributed by atoms with van der Waals surface area (Å²) in [5, 5.41) is 3.88. The minimum Gasteiger partial charge on any atom is -0.383 e. The van der Waals surface area contributed by atoms with Crippen LogP contribution in [0.1, 0.15) is 10.4 Å². The van der Waals surface area contributed by atoms with E-state index in [1.807, 2.05) is 30.5 Å². The van der Waals surface area contributed by atoms with E-state index in [1.54, 1.807) is 7.11 Å². The van der Waals surface area contributed by atoms with Crippen molar-refractivity contribution in [1.29, 1.82) is 0 Å². The maximum atomic E-state index is 11.7. The molecule has 1 amide bonds. The number of amides is 1. The van der Waals surface area contributed by atoms with E-state index in [2.05, 4.69) is 10.3 Å². The number of aromatic nitrogens is 1. The topological polar surface area (TPSA) is 54.1 Å². The van der Waals surface area contributed by atoms with Crippen molar-refractivity contribution >= 4 is 16.8 Å². The number of methoxy groups -OCH3 is 1. The zero-order valence-electron chi connectivity index (χ0n) is 9.12. The number of H-pyrrole nitrogens is 1. The number of carbonyl (C=O) groups is 1. The van der Waals surface area contributed by atoms with Crippen molar-refractivity contribution in [2.75, 3.05) is 20.3 Å². The van der Waals surface area contributed by atoms with E-state index in [9.17, 15) is 4.79 Å². The van der Waals surface area contributed by atoms with Crippen molar-refractivity contribution in [3.63, 3.8) is 0 Å². The largest absolute Gasteiger partial charge is 0.383 e. The van der Waals surface area contributed by atoms with Crippen LogP contribution in [0.2, 0.25) is 0 Å². The number of carbonyl (C=O) groups excluding carboxylic acids is 1. The summed E-state index contributed by atoms with van der Waals surface area (Å²) in [5.41, 5.74) is 1.63. The number of hydrogen-bond donors (Lipinski definition) is 2. The molecule has 4 heteroatoms. The third kappa shape index (κ3) is 2.23. The molecule has 0 saturated carbocycles. The van der Waals surface area contributed by atoms with Gasteiger partial charge in [0.25, 0.3) is 5.91 Å². The molecular weight excluding hydrogens is 204 g/mol. The van der Waals surface area contributed by atoms with Crippen LogP contribution in [0.5, 0.6) is 0 Å². The average Bonchev–Trinajstić information content (AvgIpc) is 2.76. The first-order valence-electron chi connectivity index (χ1n) is 5.15. The highest BCUT2D eigenvalue weighted by atomic mass is 16.5. The van der Waals surface area contributed by atoms with Gasteiger partial charge in [0.2, 0.25) is 0 Å². The third-order valence-corrected chi connectivity index (χ3v) is 2.41. The van der Waals surface area contributed by atoms with Crippen LogP contribution in [0.15, 0.2) is 30.5 Å². The van der Waals surface area contributed by atoms with Crippen molar-refractivity contribution in [3.8, 4) is 0 Å². The lowest BCUT2D eigenvalue weighted by molar-refractivity contribution is 0.0937. The Bertz CT molecular complexity index is 490. The second-order valence-corrected chi connectivity index (χ2v) is 3.53. The summed E-state index contributed by atoms with van der Waals surface area (Å²) in [6, 6.07) is 7.56. The monoisotopic (exact) mass is 218 g/mol. The Morgan fingerprint density at radius 2 is 2.31 bits per heavy atom. The molecule has 4 nitrogen and oxygen atoms in total. The van der Waals surface area contributed by atoms with Gasteiger partial charge in [-0.15, -0.1) is 0 Å². The van der Waals surface area contributed by atoms with Gasteiger partial charge in [-0.3, -0.25) is 4.79 Å². The number of aromatic amines is 1. The van der Waals surface area contributed by atoms with Gasteiger partial charge in [0.05, 0.1) is 6.61 Å². The standard InChI is InChI=1S/C12H14N2O2/c1-16-7-6-14-12(15)10-3-2-9-4-5-13-11(9)8-10/h2-5,8,13H,6-7H2,1H3,(H,14,15). The van der Waals surface area contributed by atoms with E-state index < -0.39 is 0 Å². The molecule has 0 unspecified atom stereocenters. The summed E-state index contributed by atoms with van der Waals surface area (Å²) >= 11 is 0. The predicted octanol–water partition coefficient (Wildman–Crippen LogP) is 1.54. The van der Waals surface area contributed by atoms with Gasteiger partial charge in [-0.05, 0) is 23.6 Å². The van der Waals surface area contributed by atoms with Crippen molar-refractivity contribution in [2.24, 2.45) is 0 Å². The lowest BCUT2D eigenvalue weighted by atomic mass is 10.1. The van der Waals surface area contributed by atoms with Crippen LogP contribution in [-0.4, -0.2) is 31.2 Å². The highest BCUT2D eigenvalue weighted by Crippen LogP contribution is 2.13. The molecule has 84 valence electrons. The second-order valence-electron chi connectivity index (χ2n) is 3.53. The summed E-state index contributed by atoms with van der Waals surface area (Å²) in [6.07, 6.45) is 1.86. The fraction of sp³-hybridized carbons (Fsp3) is 0.250. The van der Waals surface area contributed by atoms with Gasteiger partial charge in [-0.25, -0.2) is 0 Å². The molecule has 16 heavy (non-hydrogen) atoms. The minimum atomic E-state index is -0.0754. The summed E-state index contributed by atoms with van der Waals surface area (Å²) in [5.74, 6) is -0.0754. The Kier molecular flexibility index (Phi) is 3.22. The molecule has 1 heterocycles. The number of fused-ring (bicyclic) bond motifs is 1. The van der Waals surface area contributed by atoms with Gasteiger partial charge in [0, 0.05) is 30.9 Å². The van der Waals surface area contributed by atoms with E-state index in [4.69, 9.17) is 4.74 Å². The van der Waals surface area contributed by atoms with Crippen molar-refractivity contribution in [3.05, 3.63) is 36.0 Å². The van der Waals surface area contributed by atoms with Crippen LogP contribution in [0.25, 0.3) is 10.9 Å². The van der Waals surface area contributed by atoms with E-state index in [1.165, 1.54) is 0 Å². The van der Waals surface area contributed by atoms with Gasteiger partial charge in [0.15, 0.2) is 0 Å². The van der Waals surface area contributed by atoms with E-state index in [0.717, 1.165) is 10.9 Å². The summed E-state index contributed by atoms with van der Waals surface area (Å²) in [6.45, 7) is 1.05. The average molecular weight is 218 g/mol. The maximum Gasteiger partial charge on any atom is 0.251 e. The molecule has 0 radical (unpaired) electrons. The molecule has 1 aromatic carbocycles. The second kappa shape index (κ2) is 4.81. The Labute approximate surface area is 93.6 Å². The van der Waals surface area contributed by atoms with Gasteiger partial charge < -0.3 is 15.0 Å². The number of nitrogens with one attached hydrogen (secondary N) is 2. The first-order chi connectivity index (χ1) is 7.81. The molecule has 0 spiro atoms. The van der Waals surface area contributed by atoms with Crippen molar-refractivity contribution in [1.82, 2.24) is 10.3 Å². The van der Waals surface area contributed by atoms with E-state index in [-0.39, 0.29) is 5.91 Å². The first kappa shape index (κ1) is 10.7. The van der Waals surface area contributed by atoms with Crippen molar-refractivity contribution < 1.29 is 9.53 Å². The Morgan fingerprint density at radius 1 is 1.44 bits per heavy atom. The zero-order valence-corrected chi connectivity index (χ0v) is 9.12. The number of ether oxygens (including phenoxy) is 1. The summed E-state index contributed by atoms with van der Waals surface area (Å²) in [4.78, 5) is 14.8. The molecule has 0 saturated heterocycles. The van der Waals surface area contributed by atoms with E-state index >= 15 is 0 Å². The van der Waals surface area contributed by atoms with E-state index in [0.29, 0.717) is 18.7 Å². The molecule has 2 rings (SSSR count). The number of hydrogen-bond acceptors (Lipinski definition) is 2. The van der Waals surface area contributed by atoms with Crippen LogP contribution in [0, 0.1) is 0 Å². The van der Waals surface area contributed by atoms with Gasteiger partial charge in [-0.2, -0.15) is 0 Å². The fourth-order valence-corrected chi connectivity index (χ4v) is 1.56. The Morgan fingerprint density at radius 3 is 3.12 bits per heavy atom. The Balaban J connectivity index is 2.10. The number of benzene rings is 1. The molecule has 0 aliphatic heterocycles. The molecule has 2 aromatic rings. The maximum absolute atomic E-state index is 11.7. The molecule has 0 bridgehead atoms. The van der Waals surface area contributed by atoms with Crippen LogP contribution in [-0.2, 0) is 4.74 Å². The fourth-order valence-electron chi connectivity index (χ4n) is 1.56. The normalized spacial score (nSPS) is 10.6. The van der Waals surface area contributed by atoms with Crippen LogP contribution in [0.4, 0.5) is 0 Å².